The van der Waals surface area contributed by atoms with Crippen molar-refractivity contribution in [3.8, 4) is 0 Å². The highest BCUT2D eigenvalue weighted by molar-refractivity contribution is 4.99. The Kier molecular flexibility index (Phi) is 2.85. The molecule has 14 heavy (non-hydrogen) atoms. The third-order valence-corrected chi connectivity index (χ3v) is 4.14. The van der Waals surface area contributed by atoms with Gasteiger partial charge < -0.3 is 10.1 Å². The van der Waals surface area contributed by atoms with Crippen LogP contribution in [-0.2, 0) is 4.74 Å². The van der Waals surface area contributed by atoms with Crippen LogP contribution in [-0.4, -0.2) is 25.8 Å². The lowest BCUT2D eigenvalue weighted by atomic mass is 9.68. The van der Waals surface area contributed by atoms with Crippen molar-refractivity contribution in [2.75, 3.05) is 20.2 Å². The minimum atomic E-state index is 0.173. The number of rotatable bonds is 3. The zero-order valence-electron chi connectivity index (χ0n) is 9.57. The largest absolute Gasteiger partial charge is 0.376 e. The van der Waals surface area contributed by atoms with Gasteiger partial charge in [0, 0.05) is 20.2 Å². The number of methoxy groups -OCH3 is 1. The Labute approximate surface area is 87.4 Å². The number of hydrogen-bond acceptors (Lipinski definition) is 2. The van der Waals surface area contributed by atoms with Gasteiger partial charge in [-0.15, -0.1) is 0 Å². The van der Waals surface area contributed by atoms with E-state index in [2.05, 4.69) is 12.2 Å². The molecular weight excluding hydrogens is 174 g/mol. The van der Waals surface area contributed by atoms with E-state index in [-0.39, 0.29) is 5.60 Å². The van der Waals surface area contributed by atoms with Gasteiger partial charge in [0.1, 0.15) is 0 Å². The first-order valence-corrected chi connectivity index (χ1v) is 5.94. The van der Waals surface area contributed by atoms with Crippen LogP contribution < -0.4 is 5.32 Å². The van der Waals surface area contributed by atoms with Crippen LogP contribution in [0.1, 0.15) is 45.4 Å². The third kappa shape index (κ3) is 1.96. The standard InChI is InChI=1S/C12H23NO/c1-11(6-4-3-5-7-11)8-12(14-2)9-13-10-12/h13H,3-10H2,1-2H3. The zero-order valence-corrected chi connectivity index (χ0v) is 9.57. The van der Waals surface area contributed by atoms with Crippen molar-refractivity contribution >= 4 is 0 Å². The summed E-state index contributed by atoms with van der Waals surface area (Å²) in [6, 6.07) is 0. The molecule has 0 unspecified atom stereocenters. The van der Waals surface area contributed by atoms with E-state index in [1.807, 2.05) is 7.11 Å². The lowest BCUT2D eigenvalue weighted by Gasteiger charge is -2.48. The van der Waals surface area contributed by atoms with Gasteiger partial charge in [0.15, 0.2) is 0 Å². The van der Waals surface area contributed by atoms with Crippen molar-refractivity contribution in [3.05, 3.63) is 0 Å². The van der Waals surface area contributed by atoms with Gasteiger partial charge in [-0.2, -0.15) is 0 Å². The molecule has 2 heteroatoms. The second-order valence-electron chi connectivity index (χ2n) is 5.54. The molecule has 0 aromatic heterocycles. The lowest BCUT2D eigenvalue weighted by Crippen LogP contribution is -2.62. The molecule has 0 bridgehead atoms. The predicted octanol–water partition coefficient (Wildman–Crippen LogP) is 2.34. The smallest absolute Gasteiger partial charge is 0.0931 e. The van der Waals surface area contributed by atoms with Gasteiger partial charge in [0.2, 0.25) is 0 Å². The first-order chi connectivity index (χ1) is 6.68. The van der Waals surface area contributed by atoms with E-state index >= 15 is 0 Å². The molecule has 0 spiro atoms. The molecule has 0 amide bonds. The zero-order chi connectivity index (χ0) is 10.1. The normalized spacial score (nSPS) is 29.6. The fourth-order valence-corrected chi connectivity index (χ4v) is 3.11. The van der Waals surface area contributed by atoms with E-state index in [1.54, 1.807) is 0 Å². The van der Waals surface area contributed by atoms with Crippen LogP contribution in [0.5, 0.6) is 0 Å². The molecule has 1 saturated carbocycles. The summed E-state index contributed by atoms with van der Waals surface area (Å²) in [5.74, 6) is 0. The number of ether oxygens (including phenoxy) is 1. The maximum absolute atomic E-state index is 5.68. The number of nitrogens with one attached hydrogen (secondary N) is 1. The van der Waals surface area contributed by atoms with E-state index in [0.29, 0.717) is 5.41 Å². The summed E-state index contributed by atoms with van der Waals surface area (Å²) in [5.41, 5.74) is 0.725. The summed E-state index contributed by atoms with van der Waals surface area (Å²) < 4.78 is 5.68. The molecule has 0 aromatic rings. The van der Waals surface area contributed by atoms with Gasteiger partial charge in [0.05, 0.1) is 5.60 Å². The van der Waals surface area contributed by atoms with Gasteiger partial charge in [0.25, 0.3) is 0 Å². The van der Waals surface area contributed by atoms with Crippen LogP contribution in [0, 0.1) is 5.41 Å². The van der Waals surface area contributed by atoms with Gasteiger partial charge >= 0.3 is 0 Å². The highest BCUT2D eigenvalue weighted by Crippen LogP contribution is 2.43. The molecule has 1 saturated heterocycles. The minimum absolute atomic E-state index is 0.173. The van der Waals surface area contributed by atoms with Crippen LogP contribution in [0.15, 0.2) is 0 Å². The maximum atomic E-state index is 5.68. The predicted molar refractivity (Wildman–Crippen MR) is 58.4 cm³/mol. The molecular formula is C12H23NO. The van der Waals surface area contributed by atoms with Crippen molar-refractivity contribution < 1.29 is 4.74 Å². The van der Waals surface area contributed by atoms with Gasteiger partial charge in [-0.3, -0.25) is 0 Å². The minimum Gasteiger partial charge on any atom is -0.376 e. The summed E-state index contributed by atoms with van der Waals surface area (Å²) >= 11 is 0. The third-order valence-electron chi connectivity index (χ3n) is 4.14. The van der Waals surface area contributed by atoms with Crippen LogP contribution in [0.3, 0.4) is 0 Å². The second-order valence-corrected chi connectivity index (χ2v) is 5.54. The summed E-state index contributed by atoms with van der Waals surface area (Å²) in [6.07, 6.45) is 8.33. The Bertz CT molecular complexity index is 187. The first-order valence-electron chi connectivity index (χ1n) is 5.94. The highest BCUT2D eigenvalue weighted by atomic mass is 16.5. The molecule has 1 N–H and O–H groups in total. The molecule has 0 aromatic carbocycles. The van der Waals surface area contributed by atoms with E-state index < -0.39 is 0 Å². The van der Waals surface area contributed by atoms with Crippen LogP contribution >= 0.6 is 0 Å². The van der Waals surface area contributed by atoms with E-state index in [0.717, 1.165) is 13.1 Å². The average Bonchev–Trinajstić information content (AvgIpc) is 2.13. The molecule has 0 radical (unpaired) electrons. The molecule has 2 aliphatic rings. The van der Waals surface area contributed by atoms with Crippen molar-refractivity contribution in [1.82, 2.24) is 5.32 Å². The SMILES string of the molecule is COC1(CC2(C)CCCCC2)CNC1. The molecule has 2 fully saturated rings. The fourth-order valence-electron chi connectivity index (χ4n) is 3.11. The van der Waals surface area contributed by atoms with E-state index in [4.69, 9.17) is 4.74 Å². The summed E-state index contributed by atoms with van der Waals surface area (Å²) in [7, 11) is 1.87. The monoisotopic (exact) mass is 197 g/mol. The quantitative estimate of drug-likeness (QED) is 0.750. The Morgan fingerprint density at radius 1 is 1.14 bits per heavy atom. The summed E-state index contributed by atoms with van der Waals surface area (Å²) in [4.78, 5) is 0. The summed E-state index contributed by atoms with van der Waals surface area (Å²) in [6.45, 7) is 4.56. The summed E-state index contributed by atoms with van der Waals surface area (Å²) in [5, 5.41) is 3.33. The van der Waals surface area contributed by atoms with Crippen molar-refractivity contribution in [2.45, 2.75) is 51.0 Å². The van der Waals surface area contributed by atoms with Crippen LogP contribution in [0.4, 0.5) is 0 Å². The molecule has 82 valence electrons. The molecule has 2 rings (SSSR count). The fraction of sp³-hybridized carbons (Fsp3) is 1.00. The average molecular weight is 197 g/mol. The topological polar surface area (TPSA) is 21.3 Å². The van der Waals surface area contributed by atoms with E-state index in [1.165, 1.54) is 38.5 Å². The number of hydrogen-bond donors (Lipinski definition) is 1. The Balaban J connectivity index is 1.93. The Hall–Kier alpha value is -0.0800. The van der Waals surface area contributed by atoms with Gasteiger partial charge in [-0.05, 0) is 24.7 Å². The van der Waals surface area contributed by atoms with Crippen LogP contribution in [0.2, 0.25) is 0 Å². The maximum Gasteiger partial charge on any atom is 0.0931 e. The molecule has 2 nitrogen and oxygen atoms in total. The van der Waals surface area contributed by atoms with Crippen molar-refractivity contribution in [1.29, 1.82) is 0 Å². The van der Waals surface area contributed by atoms with Gasteiger partial charge in [-0.25, -0.2) is 0 Å². The lowest BCUT2D eigenvalue weighted by molar-refractivity contribution is -0.0868. The molecule has 1 aliphatic heterocycles. The van der Waals surface area contributed by atoms with Gasteiger partial charge in [-0.1, -0.05) is 26.2 Å². The highest BCUT2D eigenvalue weighted by Gasteiger charge is 2.43. The van der Waals surface area contributed by atoms with Crippen molar-refractivity contribution in [3.63, 3.8) is 0 Å². The molecule has 1 aliphatic carbocycles. The van der Waals surface area contributed by atoms with Crippen LogP contribution in [0.25, 0.3) is 0 Å². The van der Waals surface area contributed by atoms with Crippen molar-refractivity contribution in [2.24, 2.45) is 5.41 Å². The first kappa shape index (κ1) is 10.4. The Morgan fingerprint density at radius 3 is 2.21 bits per heavy atom. The molecule has 0 atom stereocenters. The second kappa shape index (κ2) is 3.82. The Morgan fingerprint density at radius 2 is 1.79 bits per heavy atom. The molecule has 1 heterocycles. The van der Waals surface area contributed by atoms with E-state index in [9.17, 15) is 0 Å².